The molecule has 0 aliphatic carbocycles. The number of fused-ring (bicyclic) bond motifs is 1. The molecule has 2 fully saturated rings. The molecule has 0 spiro atoms. The number of piperidine rings is 2. The van der Waals surface area contributed by atoms with Crippen molar-refractivity contribution in [3.05, 3.63) is 174 Å². The smallest absolute Gasteiger partial charge is 0.328 e. The quantitative estimate of drug-likeness (QED) is 0.0387. The number of carboxylic acid groups (broad SMARTS) is 2. The van der Waals surface area contributed by atoms with Crippen LogP contribution in [0.5, 0.6) is 5.88 Å². The lowest BCUT2D eigenvalue weighted by Crippen LogP contribution is -2.38. The monoisotopic (exact) mass is 969 g/mol. The van der Waals surface area contributed by atoms with Gasteiger partial charge in [0.15, 0.2) is 5.65 Å². The predicted molar refractivity (Wildman–Crippen MR) is 275 cm³/mol. The van der Waals surface area contributed by atoms with Crippen LogP contribution in [0.4, 0.5) is 0 Å². The lowest BCUT2D eigenvalue weighted by Gasteiger charge is -2.34. The molecule has 14 heteroatoms. The highest BCUT2D eigenvalue weighted by Crippen LogP contribution is 2.31. The van der Waals surface area contributed by atoms with Crippen molar-refractivity contribution in [2.45, 2.75) is 101 Å². The summed E-state index contributed by atoms with van der Waals surface area (Å²) < 4.78 is 20.6. The fraction of sp³-hybridized carbons (Fsp3) is 0.421. The highest BCUT2D eigenvalue weighted by Gasteiger charge is 2.26. The molecule has 0 atom stereocenters. The number of aliphatic hydroxyl groups is 1. The maximum Gasteiger partial charge on any atom is 0.328 e. The van der Waals surface area contributed by atoms with E-state index in [4.69, 9.17) is 29.5 Å². The molecule has 4 heterocycles. The number of likely N-dealkylation sites (tertiary alicyclic amines) is 2. The number of rotatable bonds is 24. The Hall–Kier alpha value is -6.29. The van der Waals surface area contributed by atoms with Gasteiger partial charge in [-0.05, 0) is 92.8 Å². The second-order valence-electron chi connectivity index (χ2n) is 17.9. The van der Waals surface area contributed by atoms with Gasteiger partial charge in [0.1, 0.15) is 18.5 Å². The Morgan fingerprint density at radius 2 is 0.958 bits per heavy atom. The van der Waals surface area contributed by atoms with E-state index in [1.54, 1.807) is 0 Å². The number of nitrogens with zero attached hydrogens (tertiary/aromatic N) is 6. The summed E-state index contributed by atoms with van der Waals surface area (Å²) in [4.78, 5) is 28.4. The zero-order chi connectivity index (χ0) is 49.7. The molecular formula is C57H72N6O8. The first-order valence-electron chi connectivity index (χ1n) is 25.3. The van der Waals surface area contributed by atoms with Gasteiger partial charge in [-0.2, -0.15) is 0 Å². The van der Waals surface area contributed by atoms with Gasteiger partial charge in [0.05, 0.1) is 18.8 Å². The van der Waals surface area contributed by atoms with Crippen molar-refractivity contribution < 1.29 is 39.1 Å². The van der Waals surface area contributed by atoms with Crippen LogP contribution in [0, 0.1) is 0 Å². The van der Waals surface area contributed by atoms with Crippen LogP contribution in [0.3, 0.4) is 0 Å². The van der Waals surface area contributed by atoms with Gasteiger partial charge in [0.2, 0.25) is 5.88 Å². The fourth-order valence-electron chi connectivity index (χ4n) is 8.83. The third-order valence-electron chi connectivity index (χ3n) is 12.6. The Morgan fingerprint density at radius 1 is 0.549 bits per heavy atom. The van der Waals surface area contributed by atoms with Crippen LogP contribution in [0.25, 0.3) is 5.65 Å². The first kappa shape index (κ1) is 54.1. The van der Waals surface area contributed by atoms with Crippen LogP contribution in [0.1, 0.15) is 112 Å². The minimum Gasteiger partial charge on any atom is -0.478 e. The standard InChI is InChI=1S/C29H35N5O2.C24H33NO2.C4H4O4/c1(2-10-22-35-28-16-15-27-30-23-31-34(27)32-28)9-19-33-20-17-26(18-21-33)36-29(24-11-5-3-6-12-24)25-13-7-4-8-14-25;26-20-10-2-1-9-17-25-18-15-23(16-19-25)27-24(21-11-5-3-6-12-21)22-13-7-4-8-14-22;5-3(6)1-2-4(7)8/h3-8,11-16,23,26,29H,1-2,9-10,17-22H2;3-8,11-14,23-24,26H,1-2,9-10,15-20H2;1-2H,(H,5,6)(H,7,8). The summed E-state index contributed by atoms with van der Waals surface area (Å²) in [5.74, 6) is -1.92. The Balaban J connectivity index is 0.000000208. The number of hydrogen-bond donors (Lipinski definition) is 3. The van der Waals surface area contributed by atoms with Crippen molar-refractivity contribution >= 4 is 17.6 Å². The van der Waals surface area contributed by atoms with Crippen LogP contribution in [0.15, 0.2) is 152 Å². The number of ether oxygens (including phenoxy) is 3. The molecule has 0 saturated carbocycles. The molecule has 2 aliphatic heterocycles. The topological polar surface area (TPSA) is 172 Å². The summed E-state index contributed by atoms with van der Waals surface area (Å²) in [5.41, 5.74) is 5.64. The van der Waals surface area contributed by atoms with Crippen molar-refractivity contribution in [2.24, 2.45) is 0 Å². The minimum atomic E-state index is -1.26. The van der Waals surface area contributed by atoms with Gasteiger partial charge in [0, 0.05) is 51.0 Å². The van der Waals surface area contributed by atoms with Gasteiger partial charge in [-0.25, -0.2) is 14.6 Å². The molecule has 0 bridgehead atoms. The first-order valence-corrected chi connectivity index (χ1v) is 25.3. The molecule has 0 unspecified atom stereocenters. The summed E-state index contributed by atoms with van der Waals surface area (Å²) in [6.45, 7) is 7.83. The first-order chi connectivity index (χ1) is 34.8. The SMILES string of the molecule is O=C(O)C=CC(=O)O.OCCCCCCN1CCC(OC(c2ccccc2)c2ccccc2)CC1.c1ccc(C(OC2CCN(CCCCCCOc3ccc4ncnn4n3)CC2)c2ccccc2)cc1. The second-order valence-corrected chi connectivity index (χ2v) is 17.9. The number of carboxylic acids is 2. The number of benzene rings is 4. The van der Waals surface area contributed by atoms with E-state index >= 15 is 0 Å². The molecule has 4 aromatic carbocycles. The lowest BCUT2D eigenvalue weighted by atomic mass is 10.00. The number of aliphatic hydroxyl groups excluding tert-OH is 1. The van der Waals surface area contributed by atoms with Crippen LogP contribution >= 0.6 is 0 Å². The van der Waals surface area contributed by atoms with Crippen molar-refractivity contribution in [1.82, 2.24) is 29.6 Å². The summed E-state index contributed by atoms with van der Waals surface area (Å²) in [5, 5.41) is 32.8. The normalized spacial score (nSPS) is 14.8. The molecule has 2 aliphatic rings. The second kappa shape index (κ2) is 31.1. The molecule has 2 saturated heterocycles. The maximum absolute atomic E-state index is 9.55. The highest BCUT2D eigenvalue weighted by atomic mass is 16.5. The molecule has 0 radical (unpaired) electrons. The number of unbranched alkanes of at least 4 members (excludes halogenated alkanes) is 6. The number of carbonyl (C=O) groups is 2. The van der Waals surface area contributed by atoms with Crippen LogP contribution in [-0.4, -0.2) is 122 Å². The molecule has 6 aromatic rings. The largest absolute Gasteiger partial charge is 0.478 e. The van der Waals surface area contributed by atoms with Gasteiger partial charge >= 0.3 is 11.9 Å². The molecule has 378 valence electrons. The average molecular weight is 969 g/mol. The molecule has 71 heavy (non-hydrogen) atoms. The van der Waals surface area contributed by atoms with Gasteiger partial charge in [-0.1, -0.05) is 147 Å². The van der Waals surface area contributed by atoms with E-state index in [2.05, 4.69) is 146 Å². The zero-order valence-corrected chi connectivity index (χ0v) is 41.0. The Bertz CT molecular complexity index is 2300. The third-order valence-corrected chi connectivity index (χ3v) is 12.6. The average Bonchev–Trinajstić information content (AvgIpc) is 3.89. The van der Waals surface area contributed by atoms with Crippen molar-refractivity contribution in [3.63, 3.8) is 0 Å². The number of aliphatic carboxylic acids is 2. The van der Waals surface area contributed by atoms with Crippen LogP contribution in [0.2, 0.25) is 0 Å². The molecular weight excluding hydrogens is 897 g/mol. The van der Waals surface area contributed by atoms with Crippen molar-refractivity contribution in [2.75, 3.05) is 52.5 Å². The van der Waals surface area contributed by atoms with Gasteiger partial charge < -0.3 is 39.3 Å². The van der Waals surface area contributed by atoms with E-state index in [9.17, 15) is 9.59 Å². The van der Waals surface area contributed by atoms with Crippen LogP contribution < -0.4 is 4.74 Å². The zero-order valence-electron chi connectivity index (χ0n) is 41.0. The summed E-state index contributed by atoms with van der Waals surface area (Å²) in [6, 6.07) is 46.1. The predicted octanol–water partition coefficient (Wildman–Crippen LogP) is 9.86. The summed E-state index contributed by atoms with van der Waals surface area (Å²) in [7, 11) is 0. The molecule has 0 amide bonds. The van der Waals surface area contributed by atoms with E-state index in [1.807, 2.05) is 12.1 Å². The van der Waals surface area contributed by atoms with E-state index < -0.39 is 11.9 Å². The molecule has 2 aromatic heterocycles. The third kappa shape index (κ3) is 19.8. The summed E-state index contributed by atoms with van der Waals surface area (Å²) in [6.07, 6.45) is 16.8. The highest BCUT2D eigenvalue weighted by molar-refractivity contribution is 5.89. The Morgan fingerprint density at radius 3 is 1.37 bits per heavy atom. The van der Waals surface area contributed by atoms with Crippen molar-refractivity contribution in [1.29, 1.82) is 0 Å². The van der Waals surface area contributed by atoms with E-state index in [-0.39, 0.29) is 12.2 Å². The summed E-state index contributed by atoms with van der Waals surface area (Å²) >= 11 is 0. The maximum atomic E-state index is 9.55. The Labute approximate surface area is 418 Å². The van der Waals surface area contributed by atoms with E-state index in [0.717, 1.165) is 76.8 Å². The number of aromatic nitrogens is 4. The lowest BCUT2D eigenvalue weighted by molar-refractivity contribution is -0.134. The molecule has 8 rings (SSSR count). The van der Waals surface area contributed by atoms with Crippen LogP contribution in [-0.2, 0) is 19.1 Å². The van der Waals surface area contributed by atoms with Gasteiger partial charge in [-0.15, -0.1) is 14.8 Å². The minimum absolute atomic E-state index is 0.000468. The van der Waals surface area contributed by atoms with Crippen molar-refractivity contribution in [3.8, 4) is 5.88 Å². The van der Waals surface area contributed by atoms with Gasteiger partial charge in [0.25, 0.3) is 0 Å². The van der Waals surface area contributed by atoms with Gasteiger partial charge in [-0.3, -0.25) is 0 Å². The van der Waals surface area contributed by atoms with E-state index in [1.165, 1.54) is 78.4 Å². The number of hydrogen-bond acceptors (Lipinski definition) is 11. The van der Waals surface area contributed by atoms with E-state index in [0.29, 0.717) is 43.5 Å². The fourth-order valence-corrected chi connectivity index (χ4v) is 8.83. The molecule has 3 N–H and O–H groups in total. The Kier molecular flexibility index (Phi) is 23.7. The molecule has 14 nitrogen and oxygen atoms in total.